The highest BCUT2D eigenvalue weighted by atomic mass is 16.5. The lowest BCUT2D eigenvalue weighted by Crippen LogP contribution is -2.36. The van der Waals surface area contributed by atoms with Crippen molar-refractivity contribution in [3.8, 4) is 11.4 Å². The number of benzene rings is 1. The molecule has 6 rings (SSSR count). The maximum atomic E-state index is 5.71. The number of anilines is 1. The van der Waals surface area contributed by atoms with Gasteiger partial charge in [0.1, 0.15) is 5.82 Å². The summed E-state index contributed by atoms with van der Waals surface area (Å²) in [7, 11) is 0. The Morgan fingerprint density at radius 1 is 0.970 bits per heavy atom. The predicted octanol–water partition coefficient (Wildman–Crippen LogP) is 3.85. The Hall–Kier alpha value is -3.36. The van der Waals surface area contributed by atoms with Gasteiger partial charge in [0.25, 0.3) is 0 Å². The van der Waals surface area contributed by atoms with Crippen LogP contribution < -0.4 is 4.90 Å². The van der Waals surface area contributed by atoms with Crippen LogP contribution in [-0.2, 0) is 11.3 Å². The molecule has 0 unspecified atom stereocenters. The van der Waals surface area contributed by atoms with Gasteiger partial charge < -0.3 is 14.2 Å². The zero-order chi connectivity index (χ0) is 22.0. The van der Waals surface area contributed by atoms with E-state index in [1.807, 2.05) is 36.7 Å². The Balaban J connectivity index is 1.17. The molecule has 2 fully saturated rings. The molecule has 0 aliphatic carbocycles. The minimum absolute atomic E-state index is 0.123. The molecule has 1 aromatic carbocycles. The van der Waals surface area contributed by atoms with Crippen molar-refractivity contribution in [3.63, 3.8) is 0 Å². The highest BCUT2D eigenvalue weighted by Gasteiger charge is 2.31. The number of morpholine rings is 1. The van der Waals surface area contributed by atoms with Crippen molar-refractivity contribution >= 4 is 16.7 Å². The SMILES string of the molecule is c1ccc2ncc(CN3CCC[C@H]3c3nc(-c4ccc(N5CCOCC5)nc4)no3)cc2c1. The summed E-state index contributed by atoms with van der Waals surface area (Å²) in [6.07, 6.45) is 5.92. The van der Waals surface area contributed by atoms with E-state index in [0.717, 1.165) is 69.1 Å². The van der Waals surface area contributed by atoms with Crippen molar-refractivity contribution in [1.29, 1.82) is 0 Å². The Morgan fingerprint density at radius 3 is 2.76 bits per heavy atom. The van der Waals surface area contributed by atoms with E-state index < -0.39 is 0 Å². The largest absolute Gasteiger partial charge is 0.378 e. The molecule has 0 saturated carbocycles. The predicted molar refractivity (Wildman–Crippen MR) is 125 cm³/mol. The highest BCUT2D eigenvalue weighted by molar-refractivity contribution is 5.78. The van der Waals surface area contributed by atoms with E-state index in [-0.39, 0.29) is 6.04 Å². The molecule has 2 saturated heterocycles. The average Bonchev–Trinajstić information content (AvgIpc) is 3.54. The smallest absolute Gasteiger partial charge is 0.244 e. The fraction of sp³-hybridized carbons (Fsp3) is 0.360. The molecule has 5 heterocycles. The number of rotatable bonds is 5. The number of ether oxygens (including phenoxy) is 1. The van der Waals surface area contributed by atoms with E-state index in [1.54, 1.807) is 0 Å². The van der Waals surface area contributed by atoms with E-state index >= 15 is 0 Å². The first-order valence-electron chi connectivity index (χ1n) is 11.5. The van der Waals surface area contributed by atoms with Gasteiger partial charge >= 0.3 is 0 Å². The van der Waals surface area contributed by atoms with E-state index in [0.29, 0.717) is 11.7 Å². The molecule has 2 aliphatic heterocycles. The lowest BCUT2D eigenvalue weighted by Gasteiger charge is -2.27. The standard InChI is InChI=1S/C25H26N6O2/c1-2-5-21-19(4-1)14-18(15-26-21)17-31-9-3-6-22(31)25-28-24(29-33-25)20-7-8-23(27-16-20)30-10-12-32-13-11-30/h1-2,4-5,7-8,14-16,22H,3,6,9-13,17H2/t22-/m0/s1. The minimum atomic E-state index is 0.123. The number of nitrogens with zero attached hydrogens (tertiary/aromatic N) is 6. The van der Waals surface area contributed by atoms with E-state index in [9.17, 15) is 0 Å². The first-order valence-corrected chi connectivity index (χ1v) is 11.5. The maximum absolute atomic E-state index is 5.71. The molecule has 8 heteroatoms. The van der Waals surface area contributed by atoms with Crippen LogP contribution in [0, 0.1) is 0 Å². The fourth-order valence-electron chi connectivity index (χ4n) is 4.72. The Labute approximate surface area is 192 Å². The van der Waals surface area contributed by atoms with Crippen molar-refractivity contribution < 1.29 is 9.26 Å². The third-order valence-corrected chi connectivity index (χ3v) is 6.46. The van der Waals surface area contributed by atoms with Crippen molar-refractivity contribution in [2.75, 3.05) is 37.7 Å². The first kappa shape index (κ1) is 20.3. The maximum Gasteiger partial charge on any atom is 0.244 e. The summed E-state index contributed by atoms with van der Waals surface area (Å²) in [5.74, 6) is 2.22. The van der Waals surface area contributed by atoms with Crippen LogP contribution >= 0.6 is 0 Å². The van der Waals surface area contributed by atoms with Gasteiger partial charge in [-0.3, -0.25) is 9.88 Å². The number of hydrogen-bond acceptors (Lipinski definition) is 8. The third kappa shape index (κ3) is 4.19. The number of likely N-dealkylation sites (tertiary alicyclic amines) is 1. The van der Waals surface area contributed by atoms with E-state index in [4.69, 9.17) is 14.2 Å². The second kappa shape index (κ2) is 8.88. The van der Waals surface area contributed by atoms with Crippen molar-refractivity contribution in [2.24, 2.45) is 0 Å². The Kier molecular flexibility index (Phi) is 5.45. The van der Waals surface area contributed by atoms with Crippen LogP contribution in [0.2, 0.25) is 0 Å². The van der Waals surface area contributed by atoms with Gasteiger partial charge in [0.2, 0.25) is 11.7 Å². The van der Waals surface area contributed by atoms with Crippen molar-refractivity contribution in [1.82, 2.24) is 25.0 Å². The summed E-state index contributed by atoms with van der Waals surface area (Å²) in [6, 6.07) is 14.6. The highest BCUT2D eigenvalue weighted by Crippen LogP contribution is 2.33. The Bertz CT molecular complexity index is 1240. The molecule has 0 radical (unpaired) electrons. The molecule has 168 valence electrons. The summed E-state index contributed by atoms with van der Waals surface area (Å²) in [4.78, 5) is 18.6. The molecule has 0 spiro atoms. The zero-order valence-electron chi connectivity index (χ0n) is 18.4. The van der Waals surface area contributed by atoms with Gasteiger partial charge in [-0.1, -0.05) is 23.4 Å². The molecular formula is C25H26N6O2. The molecule has 1 atom stereocenters. The number of hydrogen-bond donors (Lipinski definition) is 0. The molecular weight excluding hydrogens is 416 g/mol. The lowest BCUT2D eigenvalue weighted by molar-refractivity contribution is 0.122. The molecule has 4 aromatic rings. The zero-order valence-corrected chi connectivity index (χ0v) is 18.4. The van der Waals surface area contributed by atoms with E-state index in [1.165, 1.54) is 10.9 Å². The van der Waals surface area contributed by atoms with Gasteiger partial charge in [-0.25, -0.2) is 4.98 Å². The number of pyridine rings is 2. The van der Waals surface area contributed by atoms with Gasteiger partial charge in [-0.15, -0.1) is 0 Å². The molecule has 3 aromatic heterocycles. The van der Waals surface area contributed by atoms with Crippen LogP contribution in [0.25, 0.3) is 22.3 Å². The molecule has 0 bridgehead atoms. The van der Waals surface area contributed by atoms with Gasteiger partial charge in [-0.2, -0.15) is 4.98 Å². The average molecular weight is 443 g/mol. The van der Waals surface area contributed by atoms with Crippen molar-refractivity contribution in [3.05, 3.63) is 66.3 Å². The van der Waals surface area contributed by atoms with Crippen LogP contribution in [-0.4, -0.2) is 57.9 Å². The summed E-state index contributed by atoms with van der Waals surface area (Å²) in [5.41, 5.74) is 3.09. The molecule has 0 amide bonds. The molecule has 2 aliphatic rings. The van der Waals surface area contributed by atoms with Crippen LogP contribution in [0.15, 0.2) is 59.4 Å². The lowest BCUT2D eigenvalue weighted by atomic mass is 10.1. The van der Waals surface area contributed by atoms with Gasteiger partial charge in [-0.05, 0) is 49.2 Å². The second-order valence-corrected chi connectivity index (χ2v) is 8.63. The number of para-hydroxylation sites is 1. The minimum Gasteiger partial charge on any atom is -0.378 e. The number of aromatic nitrogens is 4. The number of fused-ring (bicyclic) bond motifs is 1. The molecule has 0 N–H and O–H groups in total. The molecule has 8 nitrogen and oxygen atoms in total. The fourth-order valence-corrected chi connectivity index (χ4v) is 4.72. The third-order valence-electron chi connectivity index (χ3n) is 6.46. The monoisotopic (exact) mass is 442 g/mol. The summed E-state index contributed by atoms with van der Waals surface area (Å²) in [5, 5.41) is 5.42. The second-order valence-electron chi connectivity index (χ2n) is 8.63. The molecule has 33 heavy (non-hydrogen) atoms. The quantitative estimate of drug-likeness (QED) is 0.461. The van der Waals surface area contributed by atoms with Crippen LogP contribution in [0.1, 0.15) is 30.3 Å². The van der Waals surface area contributed by atoms with Crippen LogP contribution in [0.5, 0.6) is 0 Å². The Morgan fingerprint density at radius 2 is 1.88 bits per heavy atom. The van der Waals surface area contributed by atoms with Crippen molar-refractivity contribution in [2.45, 2.75) is 25.4 Å². The first-order chi connectivity index (χ1) is 16.3. The van der Waals surface area contributed by atoms with Crippen LogP contribution in [0.3, 0.4) is 0 Å². The van der Waals surface area contributed by atoms with Gasteiger partial charge in [0.05, 0.1) is 24.8 Å². The normalized spacial score (nSPS) is 19.4. The topological polar surface area (TPSA) is 80.4 Å². The summed E-state index contributed by atoms with van der Waals surface area (Å²) >= 11 is 0. The summed E-state index contributed by atoms with van der Waals surface area (Å²) < 4.78 is 11.1. The van der Waals surface area contributed by atoms with Gasteiger partial charge in [0, 0.05) is 43.0 Å². The van der Waals surface area contributed by atoms with Gasteiger partial charge in [0.15, 0.2) is 0 Å². The van der Waals surface area contributed by atoms with E-state index in [2.05, 4.69) is 43.1 Å². The summed E-state index contributed by atoms with van der Waals surface area (Å²) in [6.45, 7) is 5.03. The van der Waals surface area contributed by atoms with Crippen LogP contribution in [0.4, 0.5) is 5.82 Å².